The summed E-state index contributed by atoms with van der Waals surface area (Å²) in [6.07, 6.45) is 3.75. The first-order valence-electron chi connectivity index (χ1n) is 15.2. The number of nitrogens with two attached hydrogens (primary N) is 1. The molecule has 1 aliphatic carbocycles. The predicted octanol–water partition coefficient (Wildman–Crippen LogP) is 8.80. The average Bonchev–Trinajstić information content (AvgIpc) is 3.13. The number of nitrogens with zero attached hydrogens (tertiary/aromatic N) is 4. The molecule has 6 nitrogen and oxygen atoms in total. The zero-order chi connectivity index (χ0) is 31.0. The molecular weight excluding hydrogens is 564 g/mol. The van der Waals surface area contributed by atoms with Crippen molar-refractivity contribution in [3.8, 4) is 56.5 Å². The lowest BCUT2D eigenvalue weighted by molar-refractivity contribution is 0.956. The van der Waals surface area contributed by atoms with E-state index in [1.54, 1.807) is 6.08 Å². The molecule has 0 bridgehead atoms. The highest BCUT2D eigenvalue weighted by atomic mass is 15.0. The first-order chi connectivity index (χ1) is 22.6. The minimum absolute atomic E-state index is 0.398. The van der Waals surface area contributed by atoms with Crippen molar-refractivity contribution in [3.05, 3.63) is 151 Å². The van der Waals surface area contributed by atoms with Gasteiger partial charge in [0.1, 0.15) is 0 Å². The number of benzene rings is 5. The van der Waals surface area contributed by atoms with Crippen LogP contribution >= 0.6 is 0 Å². The summed E-state index contributed by atoms with van der Waals surface area (Å²) in [7, 11) is 0. The number of para-hydroxylation sites is 1. The van der Waals surface area contributed by atoms with E-state index in [0.29, 0.717) is 23.2 Å². The predicted molar refractivity (Wildman–Crippen MR) is 186 cm³/mol. The van der Waals surface area contributed by atoms with Gasteiger partial charge in [-0.25, -0.2) is 19.9 Å². The molecule has 2 heterocycles. The standard InChI is InChI=1S/C40H28N6/c41-33-23-22-32-35(36(33)42)31-16-7-8-17-34(31)43-37(32)26-20-18-25(19-21-26)29-14-9-15-30(24-29)40-45-38(27-10-3-1-4-11-27)44-39(46-40)28-12-5-2-6-13-28/h1-24,36,41H,42H2. The molecule has 0 amide bonds. The number of hydrogen-bond acceptors (Lipinski definition) is 6. The first kappa shape index (κ1) is 27.4. The summed E-state index contributed by atoms with van der Waals surface area (Å²) in [6, 6.07) is 44.2. The third-order valence-electron chi connectivity index (χ3n) is 8.36. The molecule has 5 aromatic carbocycles. The SMILES string of the molecule is N=C1C=Cc2c(-c3ccc(-c4cccc(-c5nc(-c6ccccc6)nc(-c6ccccc6)n5)c4)cc3)nc3ccccc3c2C1N. The van der Waals surface area contributed by atoms with Crippen molar-refractivity contribution in [1.29, 1.82) is 5.41 Å². The number of fused-ring (bicyclic) bond motifs is 3. The largest absolute Gasteiger partial charge is 0.319 e. The fourth-order valence-corrected chi connectivity index (χ4v) is 6.00. The maximum atomic E-state index is 8.35. The van der Waals surface area contributed by atoms with E-state index in [1.807, 2.05) is 103 Å². The molecule has 0 spiro atoms. The van der Waals surface area contributed by atoms with Crippen LogP contribution in [0.5, 0.6) is 0 Å². The maximum Gasteiger partial charge on any atom is 0.164 e. The number of aromatic nitrogens is 4. The van der Waals surface area contributed by atoms with Gasteiger partial charge in [-0.3, -0.25) is 0 Å². The van der Waals surface area contributed by atoms with Crippen molar-refractivity contribution in [2.24, 2.45) is 5.73 Å². The summed E-state index contributed by atoms with van der Waals surface area (Å²) in [5, 5.41) is 9.33. The van der Waals surface area contributed by atoms with Crippen LogP contribution in [0.4, 0.5) is 0 Å². The monoisotopic (exact) mass is 592 g/mol. The second-order valence-electron chi connectivity index (χ2n) is 11.3. The van der Waals surface area contributed by atoms with E-state index in [4.69, 9.17) is 31.1 Å². The van der Waals surface area contributed by atoms with Gasteiger partial charge in [0, 0.05) is 33.2 Å². The van der Waals surface area contributed by atoms with E-state index in [-0.39, 0.29) is 0 Å². The van der Waals surface area contributed by atoms with Gasteiger partial charge in [0.15, 0.2) is 17.5 Å². The summed E-state index contributed by atoms with van der Waals surface area (Å²) >= 11 is 0. The number of pyridine rings is 1. The maximum absolute atomic E-state index is 8.35. The van der Waals surface area contributed by atoms with Crippen LogP contribution in [0, 0.1) is 5.41 Å². The van der Waals surface area contributed by atoms with Gasteiger partial charge in [0.25, 0.3) is 0 Å². The summed E-state index contributed by atoms with van der Waals surface area (Å²) < 4.78 is 0. The number of rotatable bonds is 5. The molecule has 1 aliphatic rings. The van der Waals surface area contributed by atoms with Crippen LogP contribution in [0.3, 0.4) is 0 Å². The van der Waals surface area contributed by atoms with Crippen molar-refractivity contribution < 1.29 is 0 Å². The molecule has 8 rings (SSSR count). The number of nitrogens with one attached hydrogen (secondary N) is 1. The Morgan fingerprint density at radius 2 is 1.02 bits per heavy atom. The molecule has 0 saturated carbocycles. The van der Waals surface area contributed by atoms with Crippen LogP contribution in [0.15, 0.2) is 140 Å². The number of hydrogen-bond donors (Lipinski definition) is 2. The second-order valence-corrected chi connectivity index (χ2v) is 11.3. The molecule has 0 fully saturated rings. The Bertz CT molecular complexity index is 2220. The lowest BCUT2D eigenvalue weighted by Gasteiger charge is -2.23. The highest BCUT2D eigenvalue weighted by Crippen LogP contribution is 2.38. The van der Waals surface area contributed by atoms with Crippen LogP contribution in [0.25, 0.3) is 73.5 Å². The molecule has 3 N–H and O–H groups in total. The average molecular weight is 593 g/mol. The van der Waals surface area contributed by atoms with Crippen molar-refractivity contribution in [2.45, 2.75) is 6.04 Å². The zero-order valence-corrected chi connectivity index (χ0v) is 24.8. The molecule has 0 saturated heterocycles. The van der Waals surface area contributed by atoms with Crippen molar-refractivity contribution in [1.82, 2.24) is 19.9 Å². The Morgan fingerprint density at radius 3 is 1.70 bits per heavy atom. The van der Waals surface area contributed by atoms with Crippen molar-refractivity contribution in [3.63, 3.8) is 0 Å². The highest BCUT2D eigenvalue weighted by molar-refractivity contribution is 6.08. The summed E-state index contributed by atoms with van der Waals surface area (Å²) in [6.45, 7) is 0. The normalized spacial score (nSPS) is 13.9. The Labute approximate surface area is 266 Å². The molecule has 46 heavy (non-hydrogen) atoms. The molecule has 0 radical (unpaired) electrons. The van der Waals surface area contributed by atoms with Crippen LogP contribution in [-0.2, 0) is 0 Å². The van der Waals surface area contributed by atoms with Crippen molar-refractivity contribution in [2.75, 3.05) is 0 Å². The van der Waals surface area contributed by atoms with Gasteiger partial charge in [-0.15, -0.1) is 0 Å². The lowest BCUT2D eigenvalue weighted by atomic mass is 9.86. The third kappa shape index (κ3) is 4.97. The van der Waals surface area contributed by atoms with E-state index >= 15 is 0 Å². The smallest absolute Gasteiger partial charge is 0.164 e. The third-order valence-corrected chi connectivity index (χ3v) is 8.36. The Balaban J connectivity index is 1.19. The van der Waals surface area contributed by atoms with Crippen LogP contribution < -0.4 is 5.73 Å². The molecule has 1 atom stereocenters. The summed E-state index contributed by atoms with van der Waals surface area (Å²) in [5.41, 5.74) is 16.5. The molecule has 6 heteroatoms. The van der Waals surface area contributed by atoms with Crippen LogP contribution in [-0.4, -0.2) is 25.6 Å². The highest BCUT2D eigenvalue weighted by Gasteiger charge is 2.24. The molecular formula is C40H28N6. The minimum Gasteiger partial charge on any atom is -0.319 e. The van der Waals surface area contributed by atoms with Gasteiger partial charge in [-0.2, -0.15) is 0 Å². The fraction of sp³-hybridized carbons (Fsp3) is 0.0250. The van der Waals surface area contributed by atoms with Gasteiger partial charge < -0.3 is 11.1 Å². The Morgan fingerprint density at radius 1 is 0.478 bits per heavy atom. The van der Waals surface area contributed by atoms with Gasteiger partial charge in [0.05, 0.1) is 23.0 Å². The van der Waals surface area contributed by atoms with E-state index in [0.717, 1.165) is 61.1 Å². The van der Waals surface area contributed by atoms with Gasteiger partial charge in [0.2, 0.25) is 0 Å². The molecule has 0 aliphatic heterocycles. The topological polar surface area (TPSA) is 101 Å². The van der Waals surface area contributed by atoms with Crippen molar-refractivity contribution >= 4 is 22.7 Å². The zero-order valence-electron chi connectivity index (χ0n) is 24.8. The second kappa shape index (κ2) is 11.4. The van der Waals surface area contributed by atoms with Crippen LogP contribution in [0.1, 0.15) is 17.2 Å². The van der Waals surface area contributed by atoms with Gasteiger partial charge >= 0.3 is 0 Å². The molecule has 218 valence electrons. The molecule has 2 aromatic heterocycles. The van der Waals surface area contributed by atoms with Gasteiger partial charge in [-0.05, 0) is 34.9 Å². The van der Waals surface area contributed by atoms with E-state index in [2.05, 4.69) is 36.4 Å². The summed E-state index contributed by atoms with van der Waals surface area (Å²) in [4.78, 5) is 19.7. The Hall–Kier alpha value is -6.11. The Kier molecular flexibility index (Phi) is 6.82. The van der Waals surface area contributed by atoms with E-state index in [9.17, 15) is 0 Å². The fourth-order valence-electron chi connectivity index (χ4n) is 6.00. The van der Waals surface area contributed by atoms with Gasteiger partial charge in [-0.1, -0.05) is 127 Å². The van der Waals surface area contributed by atoms with Crippen LogP contribution in [0.2, 0.25) is 0 Å². The van der Waals surface area contributed by atoms with E-state index in [1.165, 1.54) is 0 Å². The minimum atomic E-state index is -0.492. The van der Waals surface area contributed by atoms with E-state index < -0.39 is 6.04 Å². The molecule has 1 unspecified atom stereocenters. The molecule has 7 aromatic rings. The summed E-state index contributed by atoms with van der Waals surface area (Å²) in [5.74, 6) is 1.88. The quantitative estimate of drug-likeness (QED) is 0.208. The first-order valence-corrected chi connectivity index (χ1v) is 15.2. The lowest BCUT2D eigenvalue weighted by Crippen LogP contribution is -2.23.